The maximum absolute atomic E-state index is 9.05. The number of aliphatic hydroxyl groups is 1. The Morgan fingerprint density at radius 1 is 1.33 bits per heavy atom. The van der Waals surface area contributed by atoms with Crippen molar-refractivity contribution in [2.45, 2.75) is 52.1 Å². The van der Waals surface area contributed by atoms with Gasteiger partial charge in [0.25, 0.3) is 0 Å². The van der Waals surface area contributed by atoms with Crippen molar-refractivity contribution in [2.24, 2.45) is 5.92 Å². The van der Waals surface area contributed by atoms with E-state index in [0.717, 1.165) is 13.0 Å². The molecule has 0 aliphatic rings. The molecule has 0 aliphatic carbocycles. The Bertz CT molecular complexity index is 142. The van der Waals surface area contributed by atoms with Gasteiger partial charge in [0.15, 0.2) is 0 Å². The number of hydrogen-bond donors (Lipinski definition) is 2. The first-order valence-corrected chi connectivity index (χ1v) is 6.01. The van der Waals surface area contributed by atoms with Crippen molar-refractivity contribution in [2.75, 3.05) is 20.3 Å². The molecule has 0 bridgehead atoms. The molecule has 3 heteroatoms. The lowest BCUT2D eigenvalue weighted by atomic mass is 10.0. The van der Waals surface area contributed by atoms with Crippen LogP contribution in [0.1, 0.15) is 40.0 Å². The molecule has 2 N–H and O–H groups in total. The van der Waals surface area contributed by atoms with Gasteiger partial charge in [0, 0.05) is 25.8 Å². The highest BCUT2D eigenvalue weighted by molar-refractivity contribution is 4.74. The van der Waals surface area contributed by atoms with Crippen LogP contribution in [0.25, 0.3) is 0 Å². The molecule has 0 aliphatic heterocycles. The summed E-state index contributed by atoms with van der Waals surface area (Å²) in [5.74, 6) is 0.297. The summed E-state index contributed by atoms with van der Waals surface area (Å²) >= 11 is 0. The van der Waals surface area contributed by atoms with Crippen molar-refractivity contribution in [3.8, 4) is 0 Å². The minimum absolute atomic E-state index is 0.238. The molecule has 0 heterocycles. The van der Waals surface area contributed by atoms with Crippen LogP contribution in [0.15, 0.2) is 0 Å². The van der Waals surface area contributed by atoms with E-state index in [1.165, 1.54) is 12.8 Å². The molecule has 0 spiro atoms. The Kier molecular flexibility index (Phi) is 9.06. The van der Waals surface area contributed by atoms with Crippen LogP contribution < -0.4 is 5.32 Å². The van der Waals surface area contributed by atoms with Crippen molar-refractivity contribution in [3.05, 3.63) is 0 Å². The SMILES string of the molecule is CCCCC(COC)NC(C)C(C)CO. The second kappa shape index (κ2) is 9.13. The number of unbranched alkanes of at least 4 members (excludes halogenated alkanes) is 1. The van der Waals surface area contributed by atoms with E-state index < -0.39 is 0 Å². The molecule has 0 radical (unpaired) electrons. The lowest BCUT2D eigenvalue weighted by Gasteiger charge is -2.26. The first-order valence-electron chi connectivity index (χ1n) is 6.01. The highest BCUT2D eigenvalue weighted by Crippen LogP contribution is 2.06. The molecule has 3 atom stereocenters. The molecule has 0 aromatic heterocycles. The minimum Gasteiger partial charge on any atom is -0.396 e. The van der Waals surface area contributed by atoms with E-state index in [0.29, 0.717) is 18.0 Å². The summed E-state index contributed by atoms with van der Waals surface area (Å²) in [6.07, 6.45) is 3.58. The summed E-state index contributed by atoms with van der Waals surface area (Å²) < 4.78 is 5.19. The lowest BCUT2D eigenvalue weighted by molar-refractivity contribution is 0.140. The molecule has 15 heavy (non-hydrogen) atoms. The zero-order valence-corrected chi connectivity index (χ0v) is 10.6. The van der Waals surface area contributed by atoms with E-state index in [-0.39, 0.29) is 6.61 Å². The van der Waals surface area contributed by atoms with Gasteiger partial charge in [-0.15, -0.1) is 0 Å². The van der Waals surface area contributed by atoms with Crippen LogP contribution in [0.4, 0.5) is 0 Å². The second-order valence-corrected chi connectivity index (χ2v) is 4.41. The van der Waals surface area contributed by atoms with Gasteiger partial charge in [-0.25, -0.2) is 0 Å². The van der Waals surface area contributed by atoms with Gasteiger partial charge in [0.2, 0.25) is 0 Å². The average Bonchev–Trinajstić information content (AvgIpc) is 2.24. The molecule has 0 aromatic carbocycles. The number of rotatable bonds is 9. The first-order chi connectivity index (χ1) is 7.15. The maximum atomic E-state index is 9.05. The minimum atomic E-state index is 0.238. The second-order valence-electron chi connectivity index (χ2n) is 4.41. The molecule has 0 rings (SSSR count). The zero-order valence-electron chi connectivity index (χ0n) is 10.6. The van der Waals surface area contributed by atoms with Gasteiger partial charge in [0.05, 0.1) is 6.61 Å². The van der Waals surface area contributed by atoms with E-state index in [4.69, 9.17) is 9.84 Å². The fourth-order valence-corrected chi connectivity index (χ4v) is 1.56. The smallest absolute Gasteiger partial charge is 0.0615 e. The Balaban J connectivity index is 3.91. The van der Waals surface area contributed by atoms with Crippen LogP contribution in [0, 0.1) is 5.92 Å². The van der Waals surface area contributed by atoms with Crippen molar-refractivity contribution in [1.29, 1.82) is 0 Å². The molecule has 0 saturated heterocycles. The van der Waals surface area contributed by atoms with Gasteiger partial charge in [-0.3, -0.25) is 0 Å². The average molecular weight is 217 g/mol. The molecule has 0 aromatic rings. The van der Waals surface area contributed by atoms with E-state index in [1.807, 2.05) is 0 Å². The normalized spacial score (nSPS) is 17.4. The quantitative estimate of drug-likeness (QED) is 0.619. The Labute approximate surface area is 94.2 Å². The fourth-order valence-electron chi connectivity index (χ4n) is 1.56. The third-order valence-corrected chi connectivity index (χ3v) is 2.91. The standard InChI is InChI=1S/C12H27NO2/c1-5-6-7-12(9-15-4)13-11(3)10(2)8-14/h10-14H,5-9H2,1-4H3. The molecule has 3 unspecified atom stereocenters. The number of ether oxygens (including phenoxy) is 1. The molecular formula is C12H27NO2. The number of nitrogens with one attached hydrogen (secondary N) is 1. The predicted octanol–water partition coefficient (Wildman–Crippen LogP) is 1.80. The van der Waals surface area contributed by atoms with Crippen LogP contribution >= 0.6 is 0 Å². The van der Waals surface area contributed by atoms with Crippen LogP contribution in [-0.4, -0.2) is 37.5 Å². The summed E-state index contributed by atoms with van der Waals surface area (Å²) in [4.78, 5) is 0. The summed E-state index contributed by atoms with van der Waals surface area (Å²) in [7, 11) is 1.74. The van der Waals surface area contributed by atoms with Gasteiger partial charge in [0.1, 0.15) is 0 Å². The highest BCUT2D eigenvalue weighted by Gasteiger charge is 2.15. The van der Waals surface area contributed by atoms with Gasteiger partial charge >= 0.3 is 0 Å². The molecular weight excluding hydrogens is 190 g/mol. The van der Waals surface area contributed by atoms with Crippen LogP contribution in [0.2, 0.25) is 0 Å². The van der Waals surface area contributed by atoms with Gasteiger partial charge in [-0.2, -0.15) is 0 Å². The molecule has 3 nitrogen and oxygen atoms in total. The van der Waals surface area contributed by atoms with E-state index >= 15 is 0 Å². The van der Waals surface area contributed by atoms with E-state index in [2.05, 4.69) is 26.1 Å². The Morgan fingerprint density at radius 3 is 2.47 bits per heavy atom. The Morgan fingerprint density at radius 2 is 2.00 bits per heavy atom. The molecule has 0 fully saturated rings. The fraction of sp³-hybridized carbons (Fsp3) is 1.00. The molecule has 0 amide bonds. The third-order valence-electron chi connectivity index (χ3n) is 2.91. The molecule has 0 saturated carbocycles. The topological polar surface area (TPSA) is 41.5 Å². The summed E-state index contributed by atoms with van der Waals surface area (Å²) in [6, 6.07) is 0.756. The van der Waals surface area contributed by atoms with Crippen LogP contribution in [0.5, 0.6) is 0 Å². The monoisotopic (exact) mass is 217 g/mol. The van der Waals surface area contributed by atoms with Crippen molar-refractivity contribution < 1.29 is 9.84 Å². The summed E-state index contributed by atoms with van der Waals surface area (Å²) in [5, 5.41) is 12.6. The third kappa shape index (κ3) is 6.88. The van der Waals surface area contributed by atoms with Crippen molar-refractivity contribution >= 4 is 0 Å². The maximum Gasteiger partial charge on any atom is 0.0615 e. The van der Waals surface area contributed by atoms with Crippen LogP contribution in [0.3, 0.4) is 0 Å². The predicted molar refractivity (Wildman–Crippen MR) is 64.0 cm³/mol. The van der Waals surface area contributed by atoms with E-state index in [1.54, 1.807) is 7.11 Å². The number of hydrogen-bond acceptors (Lipinski definition) is 3. The largest absolute Gasteiger partial charge is 0.396 e. The Hall–Kier alpha value is -0.120. The molecule has 92 valence electrons. The van der Waals surface area contributed by atoms with Gasteiger partial charge < -0.3 is 15.2 Å². The van der Waals surface area contributed by atoms with Crippen molar-refractivity contribution in [3.63, 3.8) is 0 Å². The van der Waals surface area contributed by atoms with E-state index in [9.17, 15) is 0 Å². The van der Waals surface area contributed by atoms with Gasteiger partial charge in [-0.1, -0.05) is 26.7 Å². The summed E-state index contributed by atoms with van der Waals surface area (Å²) in [5.41, 5.74) is 0. The highest BCUT2D eigenvalue weighted by atomic mass is 16.5. The lowest BCUT2D eigenvalue weighted by Crippen LogP contribution is -2.43. The zero-order chi connectivity index (χ0) is 11.7. The summed E-state index contributed by atoms with van der Waals surface area (Å²) in [6.45, 7) is 7.37. The van der Waals surface area contributed by atoms with Gasteiger partial charge in [-0.05, 0) is 19.3 Å². The first kappa shape index (κ1) is 14.9. The van der Waals surface area contributed by atoms with Crippen LogP contribution in [-0.2, 0) is 4.74 Å². The number of methoxy groups -OCH3 is 1. The number of aliphatic hydroxyl groups excluding tert-OH is 1. The van der Waals surface area contributed by atoms with Crippen molar-refractivity contribution in [1.82, 2.24) is 5.32 Å².